The smallest absolute Gasteiger partial charge is 0.220 e. The summed E-state index contributed by atoms with van der Waals surface area (Å²) >= 11 is 0. The molecular weight excluding hydrogens is 318 g/mol. The van der Waals surface area contributed by atoms with Gasteiger partial charge in [-0.3, -0.25) is 4.79 Å². The molecule has 0 aromatic heterocycles. The first-order chi connectivity index (χ1) is 12.1. The van der Waals surface area contributed by atoms with Crippen LogP contribution in [-0.4, -0.2) is 33.3 Å². The van der Waals surface area contributed by atoms with E-state index in [1.165, 1.54) is 0 Å². The molecule has 0 aliphatic carbocycles. The first kappa shape index (κ1) is 18.6. The van der Waals surface area contributed by atoms with Crippen LogP contribution in [-0.2, 0) is 11.2 Å². The first-order valence-electron chi connectivity index (χ1n) is 8.30. The lowest BCUT2D eigenvalue weighted by Crippen LogP contribution is -2.28. The lowest BCUT2D eigenvalue weighted by molar-refractivity contribution is -0.121. The molecule has 0 fully saturated rings. The maximum Gasteiger partial charge on any atom is 0.220 e. The number of carbonyl (C=O) groups excluding carboxylic acids is 1. The van der Waals surface area contributed by atoms with Gasteiger partial charge >= 0.3 is 0 Å². The van der Waals surface area contributed by atoms with Gasteiger partial charge in [-0.1, -0.05) is 24.3 Å². The van der Waals surface area contributed by atoms with Crippen molar-refractivity contribution < 1.29 is 19.0 Å². The fourth-order valence-corrected chi connectivity index (χ4v) is 2.53. The Morgan fingerprint density at radius 2 is 1.72 bits per heavy atom. The van der Waals surface area contributed by atoms with Crippen LogP contribution in [0.4, 0.5) is 0 Å². The predicted molar refractivity (Wildman–Crippen MR) is 97.6 cm³/mol. The Hall–Kier alpha value is -2.69. The van der Waals surface area contributed by atoms with Crippen LogP contribution in [0.2, 0.25) is 0 Å². The van der Waals surface area contributed by atoms with E-state index < -0.39 is 0 Å². The summed E-state index contributed by atoms with van der Waals surface area (Å²) in [5, 5.41) is 2.87. The maximum absolute atomic E-state index is 11.9. The lowest BCUT2D eigenvalue weighted by Gasteiger charge is -2.11. The van der Waals surface area contributed by atoms with E-state index in [-0.39, 0.29) is 5.91 Å². The molecule has 0 bridgehead atoms. The van der Waals surface area contributed by atoms with Crippen molar-refractivity contribution >= 4 is 5.91 Å². The van der Waals surface area contributed by atoms with Crippen LogP contribution in [0.25, 0.3) is 0 Å². The minimum Gasteiger partial charge on any atom is -0.496 e. The second kappa shape index (κ2) is 9.57. The van der Waals surface area contributed by atoms with Gasteiger partial charge in [-0.2, -0.15) is 0 Å². The molecule has 0 aliphatic heterocycles. The molecule has 0 spiro atoms. The molecule has 134 valence electrons. The Morgan fingerprint density at radius 1 is 1.00 bits per heavy atom. The highest BCUT2D eigenvalue weighted by Crippen LogP contribution is 2.25. The third-order valence-corrected chi connectivity index (χ3v) is 3.85. The lowest BCUT2D eigenvalue weighted by atomic mass is 10.1. The average Bonchev–Trinajstić information content (AvgIpc) is 2.64. The van der Waals surface area contributed by atoms with Crippen LogP contribution in [0.3, 0.4) is 0 Å². The Bertz CT molecular complexity index is 700. The quantitative estimate of drug-likeness (QED) is 0.711. The number of aryl methyl sites for hydroxylation is 2. The van der Waals surface area contributed by atoms with Gasteiger partial charge in [0.05, 0.1) is 20.8 Å². The van der Waals surface area contributed by atoms with Crippen LogP contribution in [0.5, 0.6) is 17.2 Å². The molecule has 1 amide bonds. The summed E-state index contributed by atoms with van der Waals surface area (Å²) in [5.74, 6) is 2.23. The number of carbonyl (C=O) groups is 1. The minimum atomic E-state index is 0.0112. The molecule has 2 aromatic rings. The summed E-state index contributed by atoms with van der Waals surface area (Å²) in [5.41, 5.74) is 2.20. The Labute approximate surface area is 148 Å². The van der Waals surface area contributed by atoms with Crippen molar-refractivity contribution in [1.82, 2.24) is 5.32 Å². The van der Waals surface area contributed by atoms with E-state index in [2.05, 4.69) is 11.4 Å². The van der Waals surface area contributed by atoms with Crippen LogP contribution >= 0.6 is 0 Å². The number of benzene rings is 2. The summed E-state index contributed by atoms with van der Waals surface area (Å²) in [7, 11) is 3.26. The zero-order valence-corrected chi connectivity index (χ0v) is 15.0. The van der Waals surface area contributed by atoms with Crippen LogP contribution in [0.1, 0.15) is 17.5 Å². The normalized spacial score (nSPS) is 10.2. The molecule has 0 heterocycles. The number of nitrogens with one attached hydrogen (secondary N) is 1. The van der Waals surface area contributed by atoms with Gasteiger partial charge in [0.2, 0.25) is 5.91 Å². The largest absolute Gasteiger partial charge is 0.496 e. The molecule has 2 rings (SSSR count). The molecular formula is C20H25NO4. The van der Waals surface area contributed by atoms with Crippen molar-refractivity contribution in [1.29, 1.82) is 0 Å². The van der Waals surface area contributed by atoms with Crippen molar-refractivity contribution in [3.8, 4) is 17.2 Å². The van der Waals surface area contributed by atoms with E-state index in [1.54, 1.807) is 14.2 Å². The number of para-hydroxylation sites is 2. The molecule has 0 radical (unpaired) electrons. The number of rotatable bonds is 9. The minimum absolute atomic E-state index is 0.0112. The number of hydrogen-bond acceptors (Lipinski definition) is 4. The summed E-state index contributed by atoms with van der Waals surface area (Å²) in [6.07, 6.45) is 1.14. The summed E-state index contributed by atoms with van der Waals surface area (Å²) in [6, 6.07) is 13.4. The zero-order valence-electron chi connectivity index (χ0n) is 15.0. The molecule has 0 unspecified atom stereocenters. The summed E-state index contributed by atoms with van der Waals surface area (Å²) < 4.78 is 16.1. The van der Waals surface area contributed by atoms with Crippen molar-refractivity contribution in [3.63, 3.8) is 0 Å². The van der Waals surface area contributed by atoms with Crippen molar-refractivity contribution in [2.24, 2.45) is 0 Å². The Balaban J connectivity index is 1.69. The molecule has 5 heteroatoms. The molecule has 0 aliphatic rings. The van der Waals surface area contributed by atoms with Gasteiger partial charge in [-0.05, 0) is 42.7 Å². The third kappa shape index (κ3) is 5.71. The van der Waals surface area contributed by atoms with E-state index in [0.29, 0.717) is 37.5 Å². The average molecular weight is 343 g/mol. The van der Waals surface area contributed by atoms with Crippen LogP contribution in [0, 0.1) is 6.92 Å². The predicted octanol–water partition coefficient (Wildman–Crippen LogP) is 3.14. The second-order valence-corrected chi connectivity index (χ2v) is 5.65. The molecule has 1 N–H and O–H groups in total. The number of amides is 1. The number of ether oxygens (including phenoxy) is 3. The van der Waals surface area contributed by atoms with E-state index in [1.807, 2.05) is 43.3 Å². The molecule has 5 nitrogen and oxygen atoms in total. The fourth-order valence-electron chi connectivity index (χ4n) is 2.53. The van der Waals surface area contributed by atoms with E-state index in [9.17, 15) is 4.79 Å². The monoisotopic (exact) mass is 343 g/mol. The molecule has 0 atom stereocenters. The topological polar surface area (TPSA) is 56.8 Å². The third-order valence-electron chi connectivity index (χ3n) is 3.85. The van der Waals surface area contributed by atoms with Gasteiger partial charge in [0.15, 0.2) is 11.5 Å². The maximum atomic E-state index is 11.9. The molecule has 0 saturated heterocycles. The van der Waals surface area contributed by atoms with Gasteiger partial charge in [0, 0.05) is 6.42 Å². The van der Waals surface area contributed by atoms with Crippen molar-refractivity contribution in [2.45, 2.75) is 19.8 Å². The van der Waals surface area contributed by atoms with Gasteiger partial charge in [-0.25, -0.2) is 0 Å². The number of hydrogen-bond donors (Lipinski definition) is 1. The van der Waals surface area contributed by atoms with Crippen molar-refractivity contribution in [3.05, 3.63) is 53.6 Å². The van der Waals surface area contributed by atoms with E-state index in [0.717, 1.165) is 16.9 Å². The molecule has 2 aromatic carbocycles. The van der Waals surface area contributed by atoms with E-state index >= 15 is 0 Å². The fraction of sp³-hybridized carbons (Fsp3) is 0.350. The van der Waals surface area contributed by atoms with Gasteiger partial charge in [0.25, 0.3) is 0 Å². The highest BCUT2D eigenvalue weighted by molar-refractivity contribution is 5.76. The summed E-state index contributed by atoms with van der Waals surface area (Å²) in [6.45, 7) is 2.85. The second-order valence-electron chi connectivity index (χ2n) is 5.65. The molecule has 25 heavy (non-hydrogen) atoms. The van der Waals surface area contributed by atoms with Crippen LogP contribution in [0.15, 0.2) is 42.5 Å². The van der Waals surface area contributed by atoms with Gasteiger partial charge < -0.3 is 19.5 Å². The SMILES string of the molecule is COc1ccc(CCC(=O)NCCOc2ccccc2OC)cc1C. The standard InChI is InChI=1S/C20H25NO4/c1-15-14-16(8-10-17(15)23-2)9-11-20(22)21-12-13-25-19-7-5-4-6-18(19)24-3/h4-8,10,14H,9,11-13H2,1-3H3,(H,21,22). The van der Waals surface area contributed by atoms with Crippen molar-refractivity contribution in [2.75, 3.05) is 27.4 Å². The van der Waals surface area contributed by atoms with E-state index in [4.69, 9.17) is 14.2 Å². The first-order valence-corrected chi connectivity index (χ1v) is 8.30. The zero-order chi connectivity index (χ0) is 18.1. The van der Waals surface area contributed by atoms with Gasteiger partial charge in [0.1, 0.15) is 12.4 Å². The van der Waals surface area contributed by atoms with Crippen LogP contribution < -0.4 is 19.5 Å². The summed E-state index contributed by atoms with van der Waals surface area (Å²) in [4.78, 5) is 11.9. The Kier molecular flexibility index (Phi) is 7.14. The Morgan fingerprint density at radius 3 is 2.40 bits per heavy atom. The van der Waals surface area contributed by atoms with Gasteiger partial charge in [-0.15, -0.1) is 0 Å². The highest BCUT2D eigenvalue weighted by Gasteiger charge is 2.05. The number of methoxy groups -OCH3 is 2. The highest BCUT2D eigenvalue weighted by atomic mass is 16.5. The molecule has 0 saturated carbocycles.